The van der Waals surface area contributed by atoms with E-state index >= 15 is 0 Å². The zero-order chi connectivity index (χ0) is 82.0. The van der Waals surface area contributed by atoms with Gasteiger partial charge in [-0.15, -0.1) is 0 Å². The van der Waals surface area contributed by atoms with Crippen LogP contribution in [0.3, 0.4) is 0 Å². The number of ether oxygens (including phenoxy) is 14. The van der Waals surface area contributed by atoms with Gasteiger partial charge in [0.1, 0.15) is 73.2 Å². The van der Waals surface area contributed by atoms with E-state index < -0.39 is 198 Å². The average Bonchev–Trinajstić information content (AvgIpc) is 1.54. The Morgan fingerprint density at radius 3 is 1.11 bits per heavy atom. The fourth-order valence-corrected chi connectivity index (χ4v) is 21.6. The van der Waals surface area contributed by atoms with Crippen LogP contribution in [0, 0.1) is 117 Å². The number of carboxylic acids is 4. The van der Waals surface area contributed by atoms with Gasteiger partial charge in [0.25, 0.3) is 0 Å². The first-order chi connectivity index (χ1) is 53.4. The highest BCUT2D eigenvalue weighted by Crippen LogP contribution is 2.66. The number of fused-ring (bicyclic) bond motifs is 6. The van der Waals surface area contributed by atoms with Gasteiger partial charge in [-0.05, 0) is 85.0 Å². The Balaban J connectivity index is 0.000000119. The van der Waals surface area contributed by atoms with Crippen LogP contribution in [0.15, 0.2) is 74.4 Å². The van der Waals surface area contributed by atoms with Crippen LogP contribution < -0.4 is 0 Å². The molecule has 18 aliphatic rings. The molecule has 12 aliphatic carbocycles. The second-order valence-electron chi connectivity index (χ2n) is 32.0. The number of carboxylic acid groups (broad SMARTS) is 4. The van der Waals surface area contributed by atoms with Gasteiger partial charge in [0.05, 0.1) is 35.5 Å². The number of aliphatic carboxylic acids is 4. The van der Waals surface area contributed by atoms with E-state index in [0.29, 0.717) is 25.7 Å². The van der Waals surface area contributed by atoms with Crippen LogP contribution >= 0.6 is 0 Å². The number of esters is 14. The molecule has 36 heteroatoms. The highest BCUT2D eigenvalue weighted by Gasteiger charge is 2.78. The first-order valence-electron chi connectivity index (χ1n) is 37.0. The summed E-state index contributed by atoms with van der Waals surface area (Å²) in [5, 5.41) is 37.1. The van der Waals surface area contributed by atoms with E-state index in [-0.39, 0.29) is 143 Å². The Hall–Kier alpha value is -11.1. The lowest BCUT2D eigenvalue weighted by molar-refractivity contribution is -0.168. The standard InChI is InChI=1S/C14H16O6.3C13H14O6.2C12H12O6/c1-6(2)13(16)18-5-10(15)19-11-7-3-8-9(4-7)14(17)20-12(8)11;1-5(2)10(14)18-8-6-3-7-9(8)19-12(17)13(7,4-6)11(15)16;1-4(2)12(16)18-9-5-3-6-8(7(5)11(14)15)13(17)19-10(6)9;1-2-9(14)17-5-10(15)18-11-6-3-7-8(4-6)13(16)19-12(7)11;1-2-7(13)17-8-5-3-6-9(8)18-11(16)12(6,4-5)10(14)15;1-2-6(13)17-9-4-3-5-8(7(4)11(14)15)12(16)18-10(5)9/h7-9,11-12H,1,3-5H2,2H3;6-9H,1,3-4H2,2H3,(H,15,16);5-10H,1,3H2,2H3,(H,14,15);2,6-8,11-12H,1,3-5H2;2,5-6,8-9H,1,3-4H2,(H,14,15);2,4-5,7-10H,1,3H2,(H,14,15). The zero-order valence-corrected chi connectivity index (χ0v) is 61.1. The molecule has 0 spiro atoms. The van der Waals surface area contributed by atoms with E-state index in [4.69, 9.17) is 61.6 Å². The molecule has 113 heavy (non-hydrogen) atoms. The monoisotopic (exact) mass is 1580 g/mol. The van der Waals surface area contributed by atoms with Crippen LogP contribution in [0.2, 0.25) is 0 Å². The predicted molar refractivity (Wildman–Crippen MR) is 360 cm³/mol. The molecule has 32 atom stereocenters. The molecular formula is C77H82O36. The SMILES string of the molecule is C=C(C)C(=O)OC1C2CC3C1OC(=O)C3(C(=O)O)C2.C=C(C)C(=O)OC1C2CC3C1OC(=O)C3C2C(=O)O.C=C(C)C(=O)OCC(=O)OC1C2CC3C(=O)OC1C3C2.C=CC(=O)OC1C2CC3C1OC(=O)C3(C(=O)O)C2.C=CC(=O)OC1C2CC3C1OC(=O)C3C2C(=O)O.C=CC(=O)OCC(=O)OC1C2CC3C(=O)OC1C3C2. The molecule has 0 aromatic carbocycles. The third kappa shape index (κ3) is 13.4. The lowest BCUT2D eigenvalue weighted by Crippen LogP contribution is -2.44. The molecule has 606 valence electrons. The molecule has 6 heterocycles. The molecular weight excluding hydrogens is 1500 g/mol. The maximum absolute atomic E-state index is 11.9. The summed E-state index contributed by atoms with van der Waals surface area (Å²) in [5.41, 5.74) is -2.08. The molecule has 12 bridgehead atoms. The Morgan fingerprint density at radius 1 is 0.381 bits per heavy atom. The maximum atomic E-state index is 11.9. The summed E-state index contributed by atoms with van der Waals surface area (Å²) < 4.78 is 72.1. The number of carbonyl (C=O) groups excluding carboxylic acids is 14. The van der Waals surface area contributed by atoms with Gasteiger partial charge >= 0.3 is 107 Å². The van der Waals surface area contributed by atoms with Gasteiger partial charge in [-0.2, -0.15) is 0 Å². The Bertz CT molecular complexity index is 4240. The van der Waals surface area contributed by atoms with Crippen LogP contribution in [0.1, 0.15) is 85.0 Å². The molecule has 0 amide bonds. The molecule has 36 nitrogen and oxygen atoms in total. The molecule has 4 N–H and O–H groups in total. The molecule has 0 radical (unpaired) electrons. The van der Waals surface area contributed by atoms with Crippen LogP contribution in [0.4, 0.5) is 0 Å². The van der Waals surface area contributed by atoms with E-state index in [9.17, 15) is 107 Å². The second-order valence-corrected chi connectivity index (χ2v) is 32.0. The summed E-state index contributed by atoms with van der Waals surface area (Å²) in [5.74, 6) is -15.8. The van der Waals surface area contributed by atoms with Gasteiger partial charge < -0.3 is 86.7 Å². The van der Waals surface area contributed by atoms with Crippen molar-refractivity contribution >= 4 is 107 Å². The van der Waals surface area contributed by atoms with Crippen molar-refractivity contribution in [3.8, 4) is 0 Å². The third-order valence-corrected chi connectivity index (χ3v) is 26.1. The van der Waals surface area contributed by atoms with E-state index in [1.165, 1.54) is 20.8 Å². The average molecular weight is 1580 g/mol. The van der Waals surface area contributed by atoms with Crippen molar-refractivity contribution in [1.82, 2.24) is 0 Å². The predicted octanol–water partition coefficient (Wildman–Crippen LogP) is 1.78. The van der Waals surface area contributed by atoms with Crippen LogP contribution in [-0.4, -0.2) is 214 Å². The van der Waals surface area contributed by atoms with Gasteiger partial charge in [0, 0.05) is 106 Å². The Kier molecular flexibility index (Phi) is 21.3. The van der Waals surface area contributed by atoms with Crippen molar-refractivity contribution in [2.75, 3.05) is 13.2 Å². The van der Waals surface area contributed by atoms with Crippen LogP contribution in [0.25, 0.3) is 0 Å². The third-order valence-electron chi connectivity index (χ3n) is 26.1. The van der Waals surface area contributed by atoms with Gasteiger partial charge in [-0.1, -0.05) is 39.5 Å². The maximum Gasteiger partial charge on any atom is 0.344 e. The number of hydrogen-bond acceptors (Lipinski definition) is 32. The first kappa shape index (κ1) is 80.0. The first-order valence-corrected chi connectivity index (χ1v) is 37.0. The largest absolute Gasteiger partial charge is 0.481 e. The van der Waals surface area contributed by atoms with Crippen molar-refractivity contribution in [3.05, 3.63) is 74.4 Å². The van der Waals surface area contributed by atoms with Crippen molar-refractivity contribution < 1.29 is 173 Å². The minimum absolute atomic E-state index is 0.0106. The van der Waals surface area contributed by atoms with Gasteiger partial charge in [0.15, 0.2) is 24.0 Å². The van der Waals surface area contributed by atoms with Gasteiger partial charge in [-0.3, -0.25) is 47.9 Å². The number of rotatable bonds is 20. The Morgan fingerprint density at radius 2 is 0.726 bits per heavy atom. The summed E-state index contributed by atoms with van der Waals surface area (Å²) in [4.78, 5) is 206. The highest BCUT2D eigenvalue weighted by atomic mass is 16.7. The molecule has 18 fully saturated rings. The molecule has 6 saturated heterocycles. The number of carbonyl (C=O) groups is 18. The van der Waals surface area contributed by atoms with Crippen molar-refractivity contribution in [2.24, 2.45) is 117 Å². The van der Waals surface area contributed by atoms with E-state index in [2.05, 4.69) is 44.2 Å². The fourth-order valence-electron chi connectivity index (χ4n) is 21.6. The van der Waals surface area contributed by atoms with Gasteiger partial charge in [-0.25, -0.2) is 38.4 Å². The molecule has 18 rings (SSSR count). The van der Waals surface area contributed by atoms with E-state index in [1.54, 1.807) is 0 Å². The van der Waals surface area contributed by atoms with Crippen molar-refractivity contribution in [2.45, 2.75) is 158 Å². The molecule has 6 aliphatic heterocycles. The summed E-state index contributed by atoms with van der Waals surface area (Å²) in [6.07, 6.45) is 2.89. The zero-order valence-electron chi connectivity index (χ0n) is 61.1. The molecule has 32 unspecified atom stereocenters. The van der Waals surface area contributed by atoms with E-state index in [0.717, 1.165) is 43.9 Å². The summed E-state index contributed by atoms with van der Waals surface area (Å²) in [6.45, 7) is 23.9. The molecule has 12 saturated carbocycles. The Labute approximate surface area is 641 Å². The fraction of sp³-hybridized carbons (Fsp3) is 0.610. The lowest BCUT2D eigenvalue weighted by atomic mass is 9.73. The summed E-state index contributed by atoms with van der Waals surface area (Å²) in [6, 6.07) is 0. The topological polar surface area (TPSA) is 517 Å². The normalized spacial score (nSPS) is 40.9. The minimum Gasteiger partial charge on any atom is -0.481 e. The van der Waals surface area contributed by atoms with E-state index in [1.807, 2.05) is 0 Å². The quantitative estimate of drug-likeness (QED) is 0.0584. The van der Waals surface area contributed by atoms with Gasteiger partial charge in [0.2, 0.25) is 0 Å². The van der Waals surface area contributed by atoms with Crippen molar-refractivity contribution in [3.63, 3.8) is 0 Å². The molecule has 0 aromatic rings. The van der Waals surface area contributed by atoms with Crippen molar-refractivity contribution in [1.29, 1.82) is 0 Å². The minimum atomic E-state index is -1.42. The molecule has 0 aromatic heterocycles. The van der Waals surface area contributed by atoms with Crippen LogP contribution in [0.5, 0.6) is 0 Å². The summed E-state index contributed by atoms with van der Waals surface area (Å²) >= 11 is 0. The second kappa shape index (κ2) is 30.1. The smallest absolute Gasteiger partial charge is 0.344 e. The summed E-state index contributed by atoms with van der Waals surface area (Å²) in [7, 11) is 0. The number of hydrogen-bond donors (Lipinski definition) is 4. The van der Waals surface area contributed by atoms with Crippen LogP contribution in [-0.2, 0) is 153 Å². The lowest BCUT2D eigenvalue weighted by Gasteiger charge is -2.29. The highest BCUT2D eigenvalue weighted by molar-refractivity contribution is 6.03.